The van der Waals surface area contributed by atoms with Crippen LogP contribution in [-0.2, 0) is 13.0 Å². The van der Waals surface area contributed by atoms with E-state index in [0.717, 1.165) is 56.3 Å². The van der Waals surface area contributed by atoms with Crippen molar-refractivity contribution < 1.29 is 9.90 Å². The van der Waals surface area contributed by atoms with Gasteiger partial charge in [-0.2, -0.15) is 0 Å². The maximum atomic E-state index is 11.1. The third-order valence-electron chi connectivity index (χ3n) is 2.99. The predicted molar refractivity (Wildman–Crippen MR) is 71.2 cm³/mol. The average molecular weight is 269 g/mol. The Balaban J connectivity index is 2.07. The van der Waals surface area contributed by atoms with Gasteiger partial charge >= 0.3 is 5.97 Å². The molecule has 0 spiro atoms. The highest BCUT2D eigenvalue weighted by atomic mass is 32.1. The molecule has 0 amide bonds. The summed E-state index contributed by atoms with van der Waals surface area (Å²) in [6, 6.07) is 0. The summed E-state index contributed by atoms with van der Waals surface area (Å²) in [5.41, 5.74) is 0.750. The fourth-order valence-corrected chi connectivity index (χ4v) is 3.09. The fourth-order valence-electron chi connectivity index (χ4n) is 2.10. The number of thiazole rings is 1. The van der Waals surface area contributed by atoms with Gasteiger partial charge < -0.3 is 10.4 Å². The van der Waals surface area contributed by atoms with Crippen LogP contribution in [-0.4, -0.2) is 47.1 Å². The van der Waals surface area contributed by atoms with E-state index in [1.165, 1.54) is 11.3 Å². The highest BCUT2D eigenvalue weighted by molar-refractivity contribution is 7.13. The van der Waals surface area contributed by atoms with Crippen LogP contribution in [0.5, 0.6) is 0 Å². The van der Waals surface area contributed by atoms with Crippen molar-refractivity contribution >= 4 is 17.3 Å². The second-order valence-electron chi connectivity index (χ2n) is 4.46. The quantitative estimate of drug-likeness (QED) is 0.841. The van der Waals surface area contributed by atoms with Gasteiger partial charge in [0.25, 0.3) is 0 Å². The van der Waals surface area contributed by atoms with Gasteiger partial charge in [-0.1, -0.05) is 13.3 Å². The first kappa shape index (κ1) is 13.5. The normalized spacial score (nSPS) is 16.9. The predicted octanol–water partition coefficient (Wildman–Crippen LogP) is 1.20. The molecule has 2 heterocycles. The van der Waals surface area contributed by atoms with Gasteiger partial charge in [0.15, 0.2) is 0 Å². The second-order valence-corrected chi connectivity index (χ2v) is 5.55. The van der Waals surface area contributed by atoms with Crippen molar-refractivity contribution in [2.75, 3.05) is 26.2 Å². The molecule has 0 aliphatic carbocycles. The maximum absolute atomic E-state index is 11.1. The van der Waals surface area contributed by atoms with E-state index in [2.05, 4.69) is 15.2 Å². The van der Waals surface area contributed by atoms with Gasteiger partial charge in [-0.05, 0) is 6.42 Å². The van der Waals surface area contributed by atoms with Crippen molar-refractivity contribution in [2.45, 2.75) is 26.3 Å². The monoisotopic (exact) mass is 269 g/mol. The molecular formula is C12H19N3O2S. The van der Waals surface area contributed by atoms with E-state index in [0.29, 0.717) is 4.88 Å². The van der Waals surface area contributed by atoms with Crippen LogP contribution in [0, 0.1) is 0 Å². The number of piperazine rings is 1. The van der Waals surface area contributed by atoms with Gasteiger partial charge in [-0.15, -0.1) is 11.3 Å². The van der Waals surface area contributed by atoms with Gasteiger partial charge in [0.05, 0.1) is 12.2 Å². The van der Waals surface area contributed by atoms with E-state index in [9.17, 15) is 4.79 Å². The van der Waals surface area contributed by atoms with Crippen molar-refractivity contribution in [3.63, 3.8) is 0 Å². The van der Waals surface area contributed by atoms with E-state index in [-0.39, 0.29) is 0 Å². The smallest absolute Gasteiger partial charge is 0.347 e. The van der Waals surface area contributed by atoms with Gasteiger partial charge in [0, 0.05) is 26.2 Å². The van der Waals surface area contributed by atoms with Gasteiger partial charge in [0.2, 0.25) is 0 Å². The Bertz CT molecular complexity index is 413. The molecule has 1 aliphatic rings. The van der Waals surface area contributed by atoms with E-state index in [4.69, 9.17) is 5.11 Å². The SMILES string of the molecule is CCCc1nc(CN2CCNCC2)sc1C(=O)O. The highest BCUT2D eigenvalue weighted by Crippen LogP contribution is 2.21. The molecule has 2 N–H and O–H groups in total. The molecule has 18 heavy (non-hydrogen) atoms. The van der Waals surface area contributed by atoms with Gasteiger partial charge in [-0.25, -0.2) is 9.78 Å². The molecule has 0 saturated carbocycles. The first-order valence-corrected chi connectivity index (χ1v) is 7.17. The number of hydrogen-bond acceptors (Lipinski definition) is 5. The summed E-state index contributed by atoms with van der Waals surface area (Å²) in [6.07, 6.45) is 1.68. The van der Waals surface area contributed by atoms with Crippen LogP contribution in [0.1, 0.15) is 33.7 Å². The molecule has 2 rings (SSSR count). The van der Waals surface area contributed by atoms with Crippen LogP contribution in [0.2, 0.25) is 0 Å². The third-order valence-corrected chi connectivity index (χ3v) is 4.06. The summed E-state index contributed by atoms with van der Waals surface area (Å²) >= 11 is 1.33. The minimum Gasteiger partial charge on any atom is -0.477 e. The zero-order chi connectivity index (χ0) is 13.0. The molecule has 100 valence electrons. The van der Waals surface area contributed by atoms with Crippen LogP contribution < -0.4 is 5.32 Å². The van der Waals surface area contributed by atoms with E-state index in [1.807, 2.05) is 6.92 Å². The lowest BCUT2D eigenvalue weighted by atomic mass is 10.2. The standard InChI is InChI=1S/C12H19N3O2S/c1-2-3-9-11(12(16)17)18-10(14-9)8-15-6-4-13-5-7-15/h13H,2-8H2,1H3,(H,16,17). The number of nitrogens with zero attached hydrogens (tertiary/aromatic N) is 2. The zero-order valence-corrected chi connectivity index (χ0v) is 11.4. The lowest BCUT2D eigenvalue weighted by Gasteiger charge is -2.26. The molecule has 0 unspecified atom stereocenters. The molecule has 0 radical (unpaired) electrons. The van der Waals surface area contributed by atoms with Crippen molar-refractivity contribution in [2.24, 2.45) is 0 Å². The molecule has 1 saturated heterocycles. The Hall–Kier alpha value is -0.980. The van der Waals surface area contributed by atoms with Gasteiger partial charge in [0.1, 0.15) is 9.88 Å². The Morgan fingerprint density at radius 2 is 2.22 bits per heavy atom. The summed E-state index contributed by atoms with van der Waals surface area (Å²) in [7, 11) is 0. The lowest BCUT2D eigenvalue weighted by molar-refractivity contribution is 0.0700. The lowest BCUT2D eigenvalue weighted by Crippen LogP contribution is -2.42. The molecule has 1 fully saturated rings. The number of nitrogens with one attached hydrogen (secondary N) is 1. The van der Waals surface area contributed by atoms with Crippen LogP contribution in [0.15, 0.2) is 0 Å². The molecule has 1 aromatic rings. The zero-order valence-electron chi connectivity index (χ0n) is 10.6. The van der Waals surface area contributed by atoms with Crippen molar-refractivity contribution in [3.05, 3.63) is 15.6 Å². The Morgan fingerprint density at radius 1 is 1.50 bits per heavy atom. The van der Waals surface area contributed by atoms with Crippen molar-refractivity contribution in [1.82, 2.24) is 15.2 Å². The number of aromatic carboxylic acids is 1. The number of aryl methyl sites for hydroxylation is 1. The number of carboxylic acid groups (broad SMARTS) is 1. The molecule has 0 aromatic carbocycles. The summed E-state index contributed by atoms with van der Waals surface area (Å²) < 4.78 is 0. The van der Waals surface area contributed by atoms with Crippen LogP contribution in [0.25, 0.3) is 0 Å². The fraction of sp³-hybridized carbons (Fsp3) is 0.667. The van der Waals surface area contributed by atoms with E-state index >= 15 is 0 Å². The average Bonchev–Trinajstić information content (AvgIpc) is 2.74. The second kappa shape index (κ2) is 6.26. The van der Waals surface area contributed by atoms with E-state index in [1.54, 1.807) is 0 Å². The van der Waals surface area contributed by atoms with Crippen LogP contribution in [0.3, 0.4) is 0 Å². The molecular weight excluding hydrogens is 250 g/mol. The molecule has 0 atom stereocenters. The number of rotatable bonds is 5. The minimum absolute atomic E-state index is 0.419. The Labute approximate surface area is 111 Å². The van der Waals surface area contributed by atoms with Crippen molar-refractivity contribution in [1.29, 1.82) is 0 Å². The summed E-state index contributed by atoms with van der Waals surface area (Å²) in [4.78, 5) is 18.4. The maximum Gasteiger partial charge on any atom is 0.347 e. The molecule has 6 heteroatoms. The molecule has 5 nitrogen and oxygen atoms in total. The van der Waals surface area contributed by atoms with Crippen LogP contribution in [0.4, 0.5) is 0 Å². The largest absolute Gasteiger partial charge is 0.477 e. The van der Waals surface area contributed by atoms with Crippen LogP contribution >= 0.6 is 11.3 Å². The molecule has 1 aromatic heterocycles. The Kier molecular flexibility index (Phi) is 4.68. The minimum atomic E-state index is -0.845. The first-order chi connectivity index (χ1) is 8.70. The van der Waals surface area contributed by atoms with Gasteiger partial charge in [-0.3, -0.25) is 4.90 Å². The first-order valence-electron chi connectivity index (χ1n) is 6.35. The summed E-state index contributed by atoms with van der Waals surface area (Å²) in [5.74, 6) is -0.845. The van der Waals surface area contributed by atoms with Crippen molar-refractivity contribution in [3.8, 4) is 0 Å². The molecule has 0 bridgehead atoms. The number of hydrogen-bond donors (Lipinski definition) is 2. The highest BCUT2D eigenvalue weighted by Gasteiger charge is 2.18. The number of carbonyl (C=O) groups is 1. The number of carboxylic acids is 1. The summed E-state index contributed by atoms with van der Waals surface area (Å²) in [6.45, 7) is 6.82. The third kappa shape index (κ3) is 3.28. The summed E-state index contributed by atoms with van der Waals surface area (Å²) in [5, 5.41) is 13.4. The Morgan fingerprint density at radius 3 is 2.83 bits per heavy atom. The number of aromatic nitrogens is 1. The van der Waals surface area contributed by atoms with E-state index < -0.39 is 5.97 Å². The topological polar surface area (TPSA) is 65.5 Å². The molecule has 1 aliphatic heterocycles.